The first kappa shape index (κ1) is 25.2. The van der Waals surface area contributed by atoms with E-state index in [2.05, 4.69) is 50.8 Å². The van der Waals surface area contributed by atoms with Gasteiger partial charge in [-0.3, -0.25) is 9.59 Å². The van der Waals surface area contributed by atoms with Crippen molar-refractivity contribution in [2.24, 2.45) is 11.8 Å². The normalized spacial score (nSPS) is 25.5. The third kappa shape index (κ3) is 6.01. The highest BCUT2D eigenvalue weighted by molar-refractivity contribution is 5.90. The van der Waals surface area contributed by atoms with Crippen molar-refractivity contribution in [3.05, 3.63) is 35.9 Å². The number of benzene rings is 1. The topological polar surface area (TPSA) is 64.7 Å². The first-order chi connectivity index (χ1) is 16.6. The lowest BCUT2D eigenvalue weighted by Gasteiger charge is -2.41. The number of hydrogen-bond acceptors (Lipinski definition) is 4. The summed E-state index contributed by atoms with van der Waals surface area (Å²) in [7, 11) is 1.82. The summed E-state index contributed by atoms with van der Waals surface area (Å²) in [4.78, 5) is 31.7. The summed E-state index contributed by atoms with van der Waals surface area (Å²) in [5, 5.41) is 6.32. The molecule has 1 saturated carbocycles. The number of likely N-dealkylation sites (N-methyl/N-ethyl adjacent to an activating group) is 1. The van der Waals surface area contributed by atoms with Gasteiger partial charge in [0.1, 0.15) is 6.04 Å². The fourth-order valence-corrected chi connectivity index (χ4v) is 6.42. The Morgan fingerprint density at radius 3 is 2.47 bits per heavy atom. The molecule has 6 nitrogen and oxygen atoms in total. The Kier molecular flexibility index (Phi) is 9.01. The van der Waals surface area contributed by atoms with Crippen LogP contribution in [0.15, 0.2) is 30.3 Å². The molecule has 0 aromatic heterocycles. The van der Waals surface area contributed by atoms with Crippen LogP contribution in [0.25, 0.3) is 0 Å². The third-order valence-corrected chi connectivity index (χ3v) is 8.55. The minimum atomic E-state index is -0.381. The number of rotatable bonds is 9. The standard InChI is InChI=1S/C28H44N4O2/c1-3-24(29-2)27(33)30-26(23-12-8-5-9-13-23)28(34)32-19-16-22-15-18-31(20-25(22)32)17-14-21-10-6-4-7-11-21/h4,6-7,10-11,22-26,29H,3,5,8-9,12-20H2,1-2H3,(H,30,33)/t22?,24-,25?,26-/m0/s1. The molecule has 6 heteroatoms. The fourth-order valence-electron chi connectivity index (χ4n) is 6.42. The van der Waals surface area contributed by atoms with Crippen molar-refractivity contribution in [1.82, 2.24) is 20.4 Å². The summed E-state index contributed by atoms with van der Waals surface area (Å²) >= 11 is 0. The van der Waals surface area contributed by atoms with Crippen molar-refractivity contribution < 1.29 is 9.59 Å². The minimum absolute atomic E-state index is 0.0298. The van der Waals surface area contributed by atoms with Gasteiger partial charge in [0.2, 0.25) is 11.8 Å². The molecule has 0 bridgehead atoms. The Bertz CT molecular complexity index is 791. The lowest BCUT2D eigenvalue weighted by molar-refractivity contribution is -0.140. The lowest BCUT2D eigenvalue weighted by atomic mass is 9.83. The Hall–Kier alpha value is -1.92. The first-order valence-electron chi connectivity index (χ1n) is 13.6. The van der Waals surface area contributed by atoms with Crippen molar-refractivity contribution in [3.8, 4) is 0 Å². The highest BCUT2D eigenvalue weighted by Gasteiger charge is 2.44. The molecular weight excluding hydrogens is 424 g/mol. The first-order valence-corrected chi connectivity index (χ1v) is 13.6. The fraction of sp³-hybridized carbons (Fsp3) is 0.714. The summed E-state index contributed by atoms with van der Waals surface area (Å²) in [5.74, 6) is 0.998. The van der Waals surface area contributed by atoms with Crippen molar-refractivity contribution in [2.45, 2.75) is 82.8 Å². The monoisotopic (exact) mass is 468 g/mol. The molecule has 1 aromatic rings. The second kappa shape index (κ2) is 12.2. The van der Waals surface area contributed by atoms with Crippen LogP contribution in [0.3, 0.4) is 0 Å². The Morgan fingerprint density at radius 1 is 1.03 bits per heavy atom. The second-order valence-corrected chi connectivity index (χ2v) is 10.6. The van der Waals surface area contributed by atoms with Crippen molar-refractivity contribution in [2.75, 3.05) is 33.2 Å². The van der Waals surface area contributed by atoms with E-state index in [1.807, 2.05) is 14.0 Å². The van der Waals surface area contributed by atoms with Gasteiger partial charge in [0.25, 0.3) is 0 Å². The molecule has 2 saturated heterocycles. The van der Waals surface area contributed by atoms with Gasteiger partial charge in [-0.25, -0.2) is 0 Å². The molecule has 2 aliphatic heterocycles. The zero-order valence-corrected chi connectivity index (χ0v) is 21.2. The zero-order chi connectivity index (χ0) is 23.9. The molecule has 2 unspecified atom stereocenters. The Morgan fingerprint density at radius 2 is 1.76 bits per heavy atom. The van der Waals surface area contributed by atoms with E-state index in [0.29, 0.717) is 5.92 Å². The summed E-state index contributed by atoms with van der Waals surface area (Å²) in [5.41, 5.74) is 1.37. The van der Waals surface area contributed by atoms with Crippen LogP contribution in [0.5, 0.6) is 0 Å². The molecule has 1 aromatic carbocycles. The molecule has 2 N–H and O–H groups in total. The van der Waals surface area contributed by atoms with E-state index in [9.17, 15) is 9.59 Å². The van der Waals surface area contributed by atoms with E-state index in [1.165, 1.54) is 18.4 Å². The highest BCUT2D eigenvalue weighted by atomic mass is 16.2. The molecular formula is C28H44N4O2. The number of likely N-dealkylation sites (tertiary alicyclic amines) is 2. The van der Waals surface area contributed by atoms with Crippen LogP contribution in [0, 0.1) is 11.8 Å². The number of fused-ring (bicyclic) bond motifs is 1. The van der Waals surface area contributed by atoms with Crippen molar-refractivity contribution >= 4 is 11.8 Å². The Balaban J connectivity index is 1.43. The van der Waals surface area contributed by atoms with Crippen molar-refractivity contribution in [3.63, 3.8) is 0 Å². The highest BCUT2D eigenvalue weighted by Crippen LogP contribution is 2.34. The van der Waals surface area contributed by atoms with E-state index in [4.69, 9.17) is 0 Å². The molecule has 0 spiro atoms. The van der Waals surface area contributed by atoms with E-state index in [1.54, 1.807) is 0 Å². The van der Waals surface area contributed by atoms with Gasteiger partial charge in [-0.15, -0.1) is 0 Å². The summed E-state index contributed by atoms with van der Waals surface area (Å²) in [6.45, 7) is 5.97. The van der Waals surface area contributed by atoms with E-state index < -0.39 is 0 Å². The molecule has 2 amide bonds. The number of carbonyl (C=O) groups is 2. The number of nitrogens with zero attached hydrogens (tertiary/aromatic N) is 2. The van der Waals surface area contributed by atoms with Gasteiger partial charge in [0.05, 0.1) is 6.04 Å². The predicted octanol–water partition coefficient (Wildman–Crippen LogP) is 3.22. The summed E-state index contributed by atoms with van der Waals surface area (Å²) < 4.78 is 0. The smallest absolute Gasteiger partial charge is 0.245 e. The third-order valence-electron chi connectivity index (χ3n) is 8.55. The molecule has 0 radical (unpaired) electrons. The van der Waals surface area contributed by atoms with Crippen molar-refractivity contribution in [1.29, 1.82) is 0 Å². The van der Waals surface area contributed by atoms with E-state index in [0.717, 1.165) is 71.1 Å². The van der Waals surface area contributed by atoms with Gasteiger partial charge < -0.3 is 20.4 Å². The quantitative estimate of drug-likeness (QED) is 0.584. The van der Waals surface area contributed by atoms with Crippen LogP contribution in [0.1, 0.15) is 63.9 Å². The lowest BCUT2D eigenvalue weighted by Crippen LogP contribution is -2.59. The Labute approximate surface area is 205 Å². The maximum Gasteiger partial charge on any atom is 0.245 e. The number of nitrogens with one attached hydrogen (secondary N) is 2. The average Bonchev–Trinajstić information content (AvgIpc) is 3.31. The molecule has 3 fully saturated rings. The van der Waals surface area contributed by atoms with Gasteiger partial charge in [-0.1, -0.05) is 56.5 Å². The maximum atomic E-state index is 14.0. The number of hydrogen-bond donors (Lipinski definition) is 2. The van der Waals surface area contributed by atoms with Crippen LogP contribution < -0.4 is 10.6 Å². The van der Waals surface area contributed by atoms with Crippen LogP contribution in [0.4, 0.5) is 0 Å². The SMILES string of the molecule is CC[C@H](NC)C(=O)N[C@H](C(=O)N1CCC2CCN(CCc3ccccc3)CC21)C1CCCCC1. The van der Waals surface area contributed by atoms with Gasteiger partial charge in [-0.05, 0) is 69.5 Å². The summed E-state index contributed by atoms with van der Waals surface area (Å²) in [6.07, 6.45) is 9.68. The largest absolute Gasteiger partial charge is 0.343 e. The molecule has 34 heavy (non-hydrogen) atoms. The number of piperidine rings is 1. The van der Waals surface area contributed by atoms with Gasteiger partial charge in [0, 0.05) is 25.7 Å². The molecule has 4 rings (SSSR count). The molecule has 4 atom stereocenters. The molecule has 3 aliphatic rings. The van der Waals surface area contributed by atoms with E-state index >= 15 is 0 Å². The van der Waals surface area contributed by atoms with Gasteiger partial charge in [0.15, 0.2) is 0 Å². The maximum absolute atomic E-state index is 14.0. The van der Waals surface area contributed by atoms with Crippen LogP contribution in [-0.4, -0.2) is 73.0 Å². The molecule has 1 aliphatic carbocycles. The summed E-state index contributed by atoms with van der Waals surface area (Å²) in [6, 6.07) is 10.3. The van der Waals surface area contributed by atoms with Crippen LogP contribution >= 0.6 is 0 Å². The average molecular weight is 469 g/mol. The second-order valence-electron chi connectivity index (χ2n) is 10.6. The number of carbonyl (C=O) groups excluding carboxylic acids is 2. The number of amides is 2. The predicted molar refractivity (Wildman–Crippen MR) is 136 cm³/mol. The molecule has 2 heterocycles. The van der Waals surface area contributed by atoms with Crippen LogP contribution in [0.2, 0.25) is 0 Å². The van der Waals surface area contributed by atoms with Gasteiger partial charge >= 0.3 is 0 Å². The van der Waals surface area contributed by atoms with E-state index in [-0.39, 0.29) is 35.9 Å². The minimum Gasteiger partial charge on any atom is -0.343 e. The molecule has 188 valence electrons. The van der Waals surface area contributed by atoms with Gasteiger partial charge in [-0.2, -0.15) is 0 Å². The zero-order valence-electron chi connectivity index (χ0n) is 21.2. The van der Waals surface area contributed by atoms with Crippen LogP contribution in [-0.2, 0) is 16.0 Å².